The lowest BCUT2D eigenvalue weighted by Gasteiger charge is -2.22. The summed E-state index contributed by atoms with van der Waals surface area (Å²) < 4.78 is 75.7. The molecule has 10 heteroatoms. The summed E-state index contributed by atoms with van der Waals surface area (Å²) in [6.07, 6.45) is 1.46. The van der Waals surface area contributed by atoms with E-state index in [1.807, 2.05) is 0 Å². The van der Waals surface area contributed by atoms with Gasteiger partial charge in [-0.2, -0.15) is 8.78 Å². The van der Waals surface area contributed by atoms with Crippen molar-refractivity contribution in [2.24, 2.45) is 0 Å². The first-order chi connectivity index (χ1) is 12.2. The molecular formula is C16H15F5N2O3. The quantitative estimate of drug-likeness (QED) is 0.457. The van der Waals surface area contributed by atoms with Crippen LogP contribution in [0.1, 0.15) is 11.8 Å². The monoisotopic (exact) mass is 378 g/mol. The molecule has 142 valence electrons. The van der Waals surface area contributed by atoms with Crippen LogP contribution in [0.4, 0.5) is 22.0 Å². The Morgan fingerprint density at radius 2 is 1.69 bits per heavy atom. The summed E-state index contributed by atoms with van der Waals surface area (Å²) in [5.41, 5.74) is 0. The second-order valence-electron chi connectivity index (χ2n) is 5.49. The first kappa shape index (κ1) is 19.7. The van der Waals surface area contributed by atoms with E-state index in [2.05, 4.69) is 10.1 Å². The van der Waals surface area contributed by atoms with Gasteiger partial charge in [0, 0.05) is 6.54 Å². The third-order valence-corrected chi connectivity index (χ3v) is 3.50. The maximum Gasteiger partial charge on any atom is 0.258 e. The van der Waals surface area contributed by atoms with Crippen molar-refractivity contribution in [1.82, 2.24) is 10.2 Å². The molecule has 1 aromatic carbocycles. The zero-order valence-corrected chi connectivity index (χ0v) is 13.8. The molecule has 0 aliphatic rings. The standard InChI is InChI=1S/C16H15F5N2O3/c1-23(2)8(9-4-3-5-25-9)6-22-10(24)7-26-16-14(20)12(18)11(17)13(19)15(16)21/h3-5,8H,6-7H2,1-2H3,(H,22,24). The first-order valence-corrected chi connectivity index (χ1v) is 7.34. The van der Waals surface area contributed by atoms with E-state index in [1.165, 1.54) is 6.26 Å². The summed E-state index contributed by atoms with van der Waals surface area (Å²) in [7, 11) is 3.48. The fraction of sp³-hybridized carbons (Fsp3) is 0.312. The van der Waals surface area contributed by atoms with Crippen LogP contribution in [-0.4, -0.2) is 38.1 Å². The molecule has 0 spiro atoms. The van der Waals surface area contributed by atoms with Crippen molar-refractivity contribution in [2.75, 3.05) is 27.2 Å². The largest absolute Gasteiger partial charge is 0.477 e. The highest BCUT2D eigenvalue weighted by Crippen LogP contribution is 2.29. The predicted octanol–water partition coefficient (Wildman–Crippen LogP) is 2.77. The number of likely N-dealkylation sites (N-methyl/N-ethyl adjacent to an activating group) is 1. The number of benzene rings is 1. The third-order valence-electron chi connectivity index (χ3n) is 3.50. The Balaban J connectivity index is 1.99. The second-order valence-corrected chi connectivity index (χ2v) is 5.49. The molecular weight excluding hydrogens is 363 g/mol. The van der Waals surface area contributed by atoms with Crippen LogP contribution in [0.3, 0.4) is 0 Å². The maximum absolute atomic E-state index is 13.5. The highest BCUT2D eigenvalue weighted by molar-refractivity contribution is 5.77. The van der Waals surface area contributed by atoms with Crippen molar-refractivity contribution in [3.8, 4) is 5.75 Å². The molecule has 0 fully saturated rings. The minimum absolute atomic E-state index is 0.0693. The van der Waals surface area contributed by atoms with Crippen molar-refractivity contribution >= 4 is 5.91 Å². The minimum Gasteiger partial charge on any atom is -0.477 e. The fourth-order valence-electron chi connectivity index (χ4n) is 2.13. The Morgan fingerprint density at radius 1 is 1.12 bits per heavy atom. The number of hydrogen-bond donors (Lipinski definition) is 1. The van der Waals surface area contributed by atoms with E-state index < -0.39 is 47.3 Å². The number of ether oxygens (including phenoxy) is 1. The van der Waals surface area contributed by atoms with Gasteiger partial charge in [0.05, 0.1) is 12.3 Å². The number of halogens is 5. The molecule has 0 aliphatic carbocycles. The van der Waals surface area contributed by atoms with Gasteiger partial charge in [0.2, 0.25) is 29.1 Å². The van der Waals surface area contributed by atoms with Crippen molar-refractivity contribution in [3.05, 3.63) is 53.2 Å². The lowest BCUT2D eigenvalue weighted by molar-refractivity contribution is -0.123. The van der Waals surface area contributed by atoms with Gasteiger partial charge in [-0.05, 0) is 26.2 Å². The molecule has 1 aromatic heterocycles. The molecule has 0 saturated heterocycles. The van der Waals surface area contributed by atoms with E-state index in [-0.39, 0.29) is 12.6 Å². The lowest BCUT2D eigenvalue weighted by atomic mass is 10.2. The third kappa shape index (κ3) is 4.13. The van der Waals surface area contributed by atoms with Crippen LogP contribution in [0.2, 0.25) is 0 Å². The highest BCUT2D eigenvalue weighted by atomic mass is 19.2. The smallest absolute Gasteiger partial charge is 0.258 e. The van der Waals surface area contributed by atoms with E-state index >= 15 is 0 Å². The Kier molecular flexibility index (Phi) is 6.19. The van der Waals surface area contributed by atoms with Gasteiger partial charge in [0.15, 0.2) is 12.4 Å². The number of rotatable bonds is 7. The van der Waals surface area contributed by atoms with Crippen molar-refractivity contribution in [3.63, 3.8) is 0 Å². The van der Waals surface area contributed by atoms with Crippen molar-refractivity contribution < 1.29 is 35.9 Å². The summed E-state index contributed by atoms with van der Waals surface area (Å²) in [6, 6.07) is 3.03. The van der Waals surface area contributed by atoms with Crippen LogP contribution >= 0.6 is 0 Å². The molecule has 0 bridgehead atoms. The number of nitrogens with one attached hydrogen (secondary N) is 1. The number of carbonyl (C=O) groups excluding carboxylic acids is 1. The van der Waals surface area contributed by atoms with E-state index in [9.17, 15) is 26.7 Å². The molecule has 26 heavy (non-hydrogen) atoms. The number of furan rings is 1. The molecule has 5 nitrogen and oxygen atoms in total. The molecule has 1 unspecified atom stereocenters. The van der Waals surface area contributed by atoms with Crippen LogP contribution in [0.15, 0.2) is 22.8 Å². The van der Waals surface area contributed by atoms with E-state index in [1.54, 1.807) is 31.1 Å². The number of carbonyl (C=O) groups is 1. The molecule has 0 radical (unpaired) electrons. The van der Waals surface area contributed by atoms with Gasteiger partial charge in [-0.3, -0.25) is 9.69 Å². The van der Waals surface area contributed by atoms with E-state index in [0.29, 0.717) is 5.76 Å². The molecule has 1 heterocycles. The van der Waals surface area contributed by atoms with Crippen LogP contribution in [0.25, 0.3) is 0 Å². The molecule has 1 amide bonds. The fourth-order valence-corrected chi connectivity index (χ4v) is 2.13. The highest BCUT2D eigenvalue weighted by Gasteiger charge is 2.27. The number of hydrogen-bond acceptors (Lipinski definition) is 4. The van der Waals surface area contributed by atoms with Gasteiger partial charge in [0.1, 0.15) is 5.76 Å². The topological polar surface area (TPSA) is 54.7 Å². The van der Waals surface area contributed by atoms with E-state index in [0.717, 1.165) is 0 Å². The molecule has 0 saturated carbocycles. The average Bonchev–Trinajstić information content (AvgIpc) is 3.12. The molecule has 2 rings (SSSR count). The number of amides is 1. The lowest BCUT2D eigenvalue weighted by Crippen LogP contribution is -2.36. The van der Waals surface area contributed by atoms with Crippen LogP contribution < -0.4 is 10.1 Å². The molecule has 1 atom stereocenters. The van der Waals surface area contributed by atoms with Gasteiger partial charge < -0.3 is 14.5 Å². The first-order valence-electron chi connectivity index (χ1n) is 7.34. The summed E-state index contributed by atoms with van der Waals surface area (Å²) >= 11 is 0. The van der Waals surface area contributed by atoms with Crippen molar-refractivity contribution in [1.29, 1.82) is 0 Å². The Labute approximate surface area is 145 Å². The van der Waals surface area contributed by atoms with Gasteiger partial charge in [0.25, 0.3) is 5.91 Å². The maximum atomic E-state index is 13.5. The predicted molar refractivity (Wildman–Crippen MR) is 79.9 cm³/mol. The summed E-state index contributed by atoms with van der Waals surface area (Å²) in [5.74, 6) is -12.6. The zero-order valence-electron chi connectivity index (χ0n) is 13.8. The summed E-state index contributed by atoms with van der Waals surface area (Å²) in [6.45, 7) is -0.865. The number of nitrogens with zero attached hydrogens (tertiary/aromatic N) is 1. The van der Waals surface area contributed by atoms with E-state index in [4.69, 9.17) is 4.42 Å². The van der Waals surface area contributed by atoms with Crippen molar-refractivity contribution in [2.45, 2.75) is 6.04 Å². The zero-order chi connectivity index (χ0) is 19.4. The van der Waals surface area contributed by atoms with Gasteiger partial charge in [-0.1, -0.05) is 0 Å². The van der Waals surface area contributed by atoms with Crippen LogP contribution in [0, 0.1) is 29.1 Å². The Morgan fingerprint density at radius 3 is 2.19 bits per heavy atom. The minimum atomic E-state index is -2.30. The van der Waals surface area contributed by atoms with Gasteiger partial charge >= 0.3 is 0 Å². The Bertz CT molecular complexity index is 752. The molecule has 1 N–H and O–H groups in total. The SMILES string of the molecule is CN(C)C(CNC(=O)COc1c(F)c(F)c(F)c(F)c1F)c1ccco1. The van der Waals surface area contributed by atoms with Crippen LogP contribution in [0.5, 0.6) is 5.75 Å². The summed E-state index contributed by atoms with van der Waals surface area (Å²) in [5, 5.41) is 2.43. The normalized spacial score (nSPS) is 12.3. The Hall–Kier alpha value is -2.62. The van der Waals surface area contributed by atoms with Crippen LogP contribution in [-0.2, 0) is 4.79 Å². The second kappa shape index (κ2) is 8.17. The summed E-state index contributed by atoms with van der Waals surface area (Å²) in [4.78, 5) is 13.5. The molecule has 0 aliphatic heterocycles. The molecule has 2 aromatic rings. The average molecular weight is 378 g/mol. The van der Waals surface area contributed by atoms with Gasteiger partial charge in [-0.15, -0.1) is 0 Å². The van der Waals surface area contributed by atoms with Gasteiger partial charge in [-0.25, -0.2) is 13.2 Å².